The van der Waals surface area contributed by atoms with Gasteiger partial charge in [-0.3, -0.25) is 14.6 Å². The van der Waals surface area contributed by atoms with Crippen LogP contribution in [0, 0.1) is 0 Å². The van der Waals surface area contributed by atoms with E-state index in [1.165, 1.54) is 0 Å². The summed E-state index contributed by atoms with van der Waals surface area (Å²) in [6.07, 6.45) is 0. The Morgan fingerprint density at radius 3 is 2.91 bits per heavy atom. The van der Waals surface area contributed by atoms with E-state index in [2.05, 4.69) is 10.2 Å². The Morgan fingerprint density at radius 2 is 2.18 bits per heavy atom. The highest BCUT2D eigenvalue weighted by molar-refractivity contribution is 8.93. The van der Waals surface area contributed by atoms with E-state index in [1.54, 1.807) is 30.0 Å². The average molecular weight is 370 g/mol. The number of hydrogen-bond acceptors (Lipinski definition) is 5. The summed E-state index contributed by atoms with van der Waals surface area (Å²) in [4.78, 5) is 28.4. The van der Waals surface area contributed by atoms with E-state index < -0.39 is 0 Å². The van der Waals surface area contributed by atoms with Crippen molar-refractivity contribution in [3.8, 4) is 0 Å². The van der Waals surface area contributed by atoms with E-state index in [4.69, 9.17) is 4.74 Å². The third kappa shape index (κ3) is 3.02. The van der Waals surface area contributed by atoms with E-state index in [9.17, 15) is 9.59 Å². The van der Waals surface area contributed by atoms with Gasteiger partial charge in [0.25, 0.3) is 0 Å². The van der Waals surface area contributed by atoms with Crippen molar-refractivity contribution in [1.82, 2.24) is 10.2 Å². The number of rotatable bonds is 3. The van der Waals surface area contributed by atoms with Gasteiger partial charge in [0, 0.05) is 19.6 Å². The average Bonchev–Trinajstić information content (AvgIpc) is 2.85. The summed E-state index contributed by atoms with van der Waals surface area (Å²) in [5.74, 6) is -0.345. The van der Waals surface area contributed by atoms with Crippen LogP contribution in [0.5, 0.6) is 0 Å². The summed E-state index contributed by atoms with van der Waals surface area (Å²) in [7, 11) is 0. The van der Waals surface area contributed by atoms with Crippen LogP contribution in [0.25, 0.3) is 0 Å². The van der Waals surface area contributed by atoms with Crippen LogP contribution in [-0.4, -0.2) is 55.7 Å². The molecule has 2 saturated heterocycles. The first-order chi connectivity index (χ1) is 10.2. The number of carbonyl (C=O) groups is 2. The van der Waals surface area contributed by atoms with Crippen LogP contribution in [0.15, 0.2) is 24.3 Å². The fourth-order valence-electron chi connectivity index (χ4n) is 2.88. The van der Waals surface area contributed by atoms with Gasteiger partial charge in [-0.05, 0) is 19.1 Å². The molecule has 2 heterocycles. The van der Waals surface area contributed by atoms with Crippen LogP contribution < -0.4 is 10.2 Å². The van der Waals surface area contributed by atoms with Gasteiger partial charge >= 0.3 is 5.97 Å². The van der Waals surface area contributed by atoms with Crippen molar-refractivity contribution in [3.63, 3.8) is 0 Å². The number of fused-ring (bicyclic) bond motifs is 1. The Bertz CT molecular complexity index is 567. The molecule has 2 aliphatic heterocycles. The smallest absolute Gasteiger partial charge is 0.340 e. The first kappa shape index (κ1) is 16.9. The van der Waals surface area contributed by atoms with E-state index in [1.807, 2.05) is 6.07 Å². The number of benzene rings is 1. The minimum absolute atomic E-state index is 0. The molecule has 6 nitrogen and oxygen atoms in total. The molecule has 2 fully saturated rings. The predicted octanol–water partition coefficient (Wildman–Crippen LogP) is 1.02. The number of ether oxygens (including phenoxy) is 1. The van der Waals surface area contributed by atoms with Gasteiger partial charge in [0.15, 0.2) is 0 Å². The molecule has 1 N–H and O–H groups in total. The van der Waals surface area contributed by atoms with Gasteiger partial charge in [0.1, 0.15) is 6.04 Å². The summed E-state index contributed by atoms with van der Waals surface area (Å²) in [5, 5.41) is 3.24. The number of anilines is 1. The van der Waals surface area contributed by atoms with Crippen LogP contribution in [0.3, 0.4) is 0 Å². The van der Waals surface area contributed by atoms with Crippen molar-refractivity contribution >= 4 is 34.5 Å². The predicted molar refractivity (Wildman–Crippen MR) is 88.4 cm³/mol. The van der Waals surface area contributed by atoms with Crippen LogP contribution in [0.4, 0.5) is 5.69 Å². The van der Waals surface area contributed by atoms with Crippen molar-refractivity contribution < 1.29 is 14.3 Å². The summed E-state index contributed by atoms with van der Waals surface area (Å²) in [6, 6.07) is 6.99. The number of nitrogens with zero attached hydrogens (tertiary/aromatic N) is 2. The minimum Gasteiger partial charge on any atom is -0.462 e. The van der Waals surface area contributed by atoms with Gasteiger partial charge < -0.3 is 10.1 Å². The summed E-state index contributed by atoms with van der Waals surface area (Å²) >= 11 is 0. The Kier molecular flexibility index (Phi) is 5.55. The molecule has 3 rings (SSSR count). The summed E-state index contributed by atoms with van der Waals surface area (Å²) < 4.78 is 5.08. The maximum absolute atomic E-state index is 12.6. The molecule has 22 heavy (non-hydrogen) atoms. The van der Waals surface area contributed by atoms with Gasteiger partial charge in [-0.15, -0.1) is 17.0 Å². The second-order valence-corrected chi connectivity index (χ2v) is 5.18. The first-order valence-corrected chi connectivity index (χ1v) is 7.24. The van der Waals surface area contributed by atoms with Crippen molar-refractivity contribution in [3.05, 3.63) is 29.8 Å². The van der Waals surface area contributed by atoms with Crippen molar-refractivity contribution in [2.24, 2.45) is 0 Å². The number of amides is 1. The number of esters is 1. The highest BCUT2D eigenvalue weighted by Crippen LogP contribution is 2.27. The second kappa shape index (κ2) is 7.21. The monoisotopic (exact) mass is 369 g/mol. The lowest BCUT2D eigenvalue weighted by atomic mass is 10.1. The molecular formula is C15H20BrN3O3. The van der Waals surface area contributed by atoms with Gasteiger partial charge in [-0.1, -0.05) is 12.1 Å². The molecule has 1 aromatic rings. The standard InChI is InChI=1S/C15H19N3O3.BrH/c1-2-21-15(20)11-5-3-4-6-12(11)18-10-17-8-7-16-9-13(17)14(18)19;/h3-6,13,16H,2,7-10H2,1H3;1H. The lowest BCUT2D eigenvalue weighted by Crippen LogP contribution is -2.50. The highest BCUT2D eigenvalue weighted by atomic mass is 79.9. The molecular weight excluding hydrogens is 350 g/mol. The van der Waals surface area contributed by atoms with Crippen molar-refractivity contribution in [2.75, 3.05) is 37.8 Å². The highest BCUT2D eigenvalue weighted by Gasteiger charge is 2.41. The molecule has 7 heteroatoms. The zero-order valence-electron chi connectivity index (χ0n) is 12.4. The largest absolute Gasteiger partial charge is 0.462 e. The molecule has 1 aromatic carbocycles. The zero-order valence-corrected chi connectivity index (χ0v) is 14.2. The van der Waals surface area contributed by atoms with Crippen molar-refractivity contribution in [1.29, 1.82) is 0 Å². The third-order valence-electron chi connectivity index (χ3n) is 3.92. The van der Waals surface area contributed by atoms with Crippen LogP contribution >= 0.6 is 17.0 Å². The Balaban J connectivity index is 0.00000176. The normalized spacial score (nSPS) is 21.2. The second-order valence-electron chi connectivity index (χ2n) is 5.18. The SMILES string of the molecule is Br.CCOC(=O)c1ccccc1N1CN2CCNCC2C1=O. The Hall–Kier alpha value is -1.44. The van der Waals surface area contributed by atoms with Gasteiger partial charge in [0.05, 0.1) is 24.5 Å². The van der Waals surface area contributed by atoms with Gasteiger partial charge in [0.2, 0.25) is 5.91 Å². The molecule has 2 aliphatic rings. The van der Waals surface area contributed by atoms with Crippen LogP contribution in [-0.2, 0) is 9.53 Å². The maximum Gasteiger partial charge on any atom is 0.340 e. The molecule has 1 atom stereocenters. The quantitative estimate of drug-likeness (QED) is 0.806. The van der Waals surface area contributed by atoms with E-state index in [0.717, 1.165) is 13.1 Å². The molecule has 120 valence electrons. The van der Waals surface area contributed by atoms with Gasteiger partial charge in [-0.25, -0.2) is 4.79 Å². The molecule has 0 radical (unpaired) electrons. The maximum atomic E-state index is 12.6. The number of halogens is 1. The number of nitrogens with one attached hydrogen (secondary N) is 1. The fraction of sp³-hybridized carbons (Fsp3) is 0.467. The Morgan fingerprint density at radius 1 is 1.41 bits per heavy atom. The first-order valence-electron chi connectivity index (χ1n) is 7.24. The van der Waals surface area contributed by atoms with Crippen LogP contribution in [0.1, 0.15) is 17.3 Å². The van der Waals surface area contributed by atoms with E-state index in [-0.39, 0.29) is 34.9 Å². The molecule has 0 aromatic heterocycles. The van der Waals surface area contributed by atoms with Crippen molar-refractivity contribution in [2.45, 2.75) is 13.0 Å². The lowest BCUT2D eigenvalue weighted by molar-refractivity contribution is -0.119. The molecule has 1 amide bonds. The molecule has 0 spiro atoms. The summed E-state index contributed by atoms with van der Waals surface area (Å²) in [6.45, 7) is 5.01. The number of hydrogen-bond donors (Lipinski definition) is 1. The number of piperazine rings is 1. The van der Waals surface area contributed by atoms with Crippen LogP contribution in [0.2, 0.25) is 0 Å². The molecule has 0 bridgehead atoms. The summed E-state index contributed by atoms with van der Waals surface area (Å²) in [5.41, 5.74) is 1.08. The number of para-hydroxylation sites is 1. The fourth-order valence-corrected chi connectivity index (χ4v) is 2.88. The zero-order chi connectivity index (χ0) is 14.8. The van der Waals surface area contributed by atoms with E-state index in [0.29, 0.717) is 31.1 Å². The topological polar surface area (TPSA) is 61.9 Å². The van der Waals surface area contributed by atoms with E-state index >= 15 is 0 Å². The lowest BCUT2D eigenvalue weighted by Gasteiger charge is -2.26. The Labute approximate surface area is 140 Å². The third-order valence-corrected chi connectivity index (χ3v) is 3.92. The van der Waals surface area contributed by atoms with Gasteiger partial charge in [-0.2, -0.15) is 0 Å². The molecule has 1 unspecified atom stereocenters. The molecule has 0 saturated carbocycles. The minimum atomic E-state index is -0.385. The molecule has 0 aliphatic carbocycles. The number of carbonyl (C=O) groups excluding carboxylic acids is 2.